The van der Waals surface area contributed by atoms with Crippen molar-refractivity contribution in [1.82, 2.24) is 0 Å². The van der Waals surface area contributed by atoms with Gasteiger partial charge in [0.1, 0.15) is 5.75 Å². The third-order valence-electron chi connectivity index (χ3n) is 5.18. The van der Waals surface area contributed by atoms with E-state index in [9.17, 15) is 13.2 Å². The van der Waals surface area contributed by atoms with E-state index in [0.717, 1.165) is 0 Å². The third-order valence-corrected chi connectivity index (χ3v) is 5.18. The van der Waals surface area contributed by atoms with Crippen LogP contribution in [-0.4, -0.2) is 6.61 Å². The average Bonchev–Trinajstić information content (AvgIpc) is 2.76. The summed E-state index contributed by atoms with van der Waals surface area (Å²) in [6.45, 7) is 6.03. The number of aryl methyl sites for hydroxylation is 1. The molecular weight excluding hydrogens is 389 g/mol. The Labute approximate surface area is 173 Å². The topological polar surface area (TPSA) is 18.5 Å². The van der Waals surface area contributed by atoms with E-state index in [1.165, 1.54) is 0 Å². The number of halogens is 3. The molecule has 0 saturated heterocycles. The van der Waals surface area contributed by atoms with Crippen molar-refractivity contribution in [3.8, 4) is 28.4 Å². The molecule has 0 fully saturated rings. The summed E-state index contributed by atoms with van der Waals surface area (Å²) < 4.78 is 55.6. The van der Waals surface area contributed by atoms with Gasteiger partial charge in [-0.05, 0) is 49.1 Å². The highest BCUT2D eigenvalue weighted by molar-refractivity contribution is 5.69. The molecule has 3 aromatic carbocycles. The molecule has 0 radical (unpaired) electrons. The van der Waals surface area contributed by atoms with Gasteiger partial charge in [0.15, 0.2) is 23.1 Å². The van der Waals surface area contributed by atoms with Gasteiger partial charge in [-0.1, -0.05) is 30.3 Å². The summed E-state index contributed by atoms with van der Waals surface area (Å²) in [5, 5.41) is 0. The van der Waals surface area contributed by atoms with Crippen molar-refractivity contribution >= 4 is 0 Å². The van der Waals surface area contributed by atoms with Crippen LogP contribution in [0.15, 0.2) is 55.1 Å². The molecule has 0 aliphatic carbocycles. The van der Waals surface area contributed by atoms with Crippen molar-refractivity contribution in [3.05, 3.63) is 89.3 Å². The van der Waals surface area contributed by atoms with Gasteiger partial charge in [-0.3, -0.25) is 0 Å². The van der Waals surface area contributed by atoms with E-state index < -0.39 is 17.5 Å². The van der Waals surface area contributed by atoms with Crippen LogP contribution in [0.2, 0.25) is 0 Å². The second-order valence-corrected chi connectivity index (χ2v) is 7.13. The smallest absolute Gasteiger partial charge is 0.202 e. The largest absolute Gasteiger partial charge is 0.494 e. The fraction of sp³-hybridized carbons (Fsp3) is 0.200. The van der Waals surface area contributed by atoms with Gasteiger partial charge >= 0.3 is 0 Å². The van der Waals surface area contributed by atoms with Gasteiger partial charge in [0.05, 0.1) is 6.61 Å². The maximum Gasteiger partial charge on any atom is 0.202 e. The first-order valence-electron chi connectivity index (χ1n) is 9.86. The second-order valence-electron chi connectivity index (χ2n) is 7.13. The molecule has 0 saturated carbocycles. The molecule has 30 heavy (non-hydrogen) atoms. The predicted molar refractivity (Wildman–Crippen MR) is 111 cm³/mol. The molecule has 0 bridgehead atoms. The number of hydrogen-bond acceptors (Lipinski definition) is 2. The Morgan fingerprint density at radius 3 is 2.40 bits per heavy atom. The van der Waals surface area contributed by atoms with E-state index in [4.69, 9.17) is 9.47 Å². The number of rotatable bonds is 6. The molecule has 0 atom stereocenters. The zero-order valence-corrected chi connectivity index (χ0v) is 16.6. The van der Waals surface area contributed by atoms with Crippen molar-refractivity contribution in [2.24, 2.45) is 0 Å². The zero-order chi connectivity index (χ0) is 21.3. The summed E-state index contributed by atoms with van der Waals surface area (Å²) >= 11 is 0. The van der Waals surface area contributed by atoms with Crippen molar-refractivity contribution in [1.29, 1.82) is 0 Å². The molecule has 0 aromatic heterocycles. The van der Waals surface area contributed by atoms with E-state index in [-0.39, 0.29) is 23.5 Å². The molecule has 5 heteroatoms. The minimum atomic E-state index is -1.11. The van der Waals surface area contributed by atoms with E-state index in [1.54, 1.807) is 48.5 Å². The molecule has 3 aromatic rings. The van der Waals surface area contributed by atoms with E-state index in [2.05, 4.69) is 6.58 Å². The van der Waals surface area contributed by atoms with Gasteiger partial charge < -0.3 is 9.47 Å². The lowest BCUT2D eigenvalue weighted by Crippen LogP contribution is -2.10. The number of hydrogen-bond donors (Lipinski definition) is 0. The highest BCUT2D eigenvalue weighted by atomic mass is 19.2. The second kappa shape index (κ2) is 8.27. The monoisotopic (exact) mass is 410 g/mol. The van der Waals surface area contributed by atoms with Crippen molar-refractivity contribution in [3.63, 3.8) is 0 Å². The Bertz CT molecular complexity index is 1100. The van der Waals surface area contributed by atoms with Crippen molar-refractivity contribution in [2.45, 2.75) is 26.2 Å². The lowest BCUT2D eigenvalue weighted by molar-refractivity contribution is 0.340. The molecule has 0 spiro atoms. The quantitative estimate of drug-likeness (QED) is 0.319. The highest BCUT2D eigenvalue weighted by Crippen LogP contribution is 2.43. The first-order valence-corrected chi connectivity index (χ1v) is 9.86. The highest BCUT2D eigenvalue weighted by Gasteiger charge is 2.28. The van der Waals surface area contributed by atoms with Gasteiger partial charge in [0.2, 0.25) is 5.82 Å². The van der Waals surface area contributed by atoms with Crippen LogP contribution in [0, 0.1) is 17.5 Å². The lowest BCUT2D eigenvalue weighted by Gasteiger charge is -2.23. The lowest BCUT2D eigenvalue weighted by atomic mass is 9.93. The zero-order valence-electron chi connectivity index (χ0n) is 16.6. The summed E-state index contributed by atoms with van der Waals surface area (Å²) in [5.74, 6) is -2.30. The Kier molecular flexibility index (Phi) is 5.53. The first kappa shape index (κ1) is 20.1. The summed E-state index contributed by atoms with van der Waals surface area (Å²) in [5.41, 5.74) is 2.19. The first-order chi connectivity index (χ1) is 14.5. The summed E-state index contributed by atoms with van der Waals surface area (Å²) in [4.78, 5) is 0. The maximum atomic E-state index is 14.9. The van der Waals surface area contributed by atoms with Gasteiger partial charge in [-0.15, -0.1) is 6.58 Å². The van der Waals surface area contributed by atoms with Gasteiger partial charge in [0, 0.05) is 23.1 Å². The predicted octanol–water partition coefficient (Wildman–Crippen LogP) is 6.98. The van der Waals surface area contributed by atoms with Crippen LogP contribution in [0.25, 0.3) is 11.1 Å². The van der Waals surface area contributed by atoms with Crippen LogP contribution >= 0.6 is 0 Å². The minimum absolute atomic E-state index is 0.0313. The van der Waals surface area contributed by atoms with Crippen LogP contribution in [0.1, 0.15) is 30.0 Å². The molecule has 1 heterocycles. The Hall–Kier alpha value is -3.21. The number of fused-ring (bicyclic) bond motifs is 2. The van der Waals surface area contributed by atoms with Crippen LogP contribution < -0.4 is 9.47 Å². The minimum Gasteiger partial charge on any atom is -0.494 e. The fourth-order valence-electron chi connectivity index (χ4n) is 3.66. The van der Waals surface area contributed by atoms with Crippen LogP contribution in [0.4, 0.5) is 13.2 Å². The maximum absolute atomic E-state index is 14.9. The molecule has 1 aliphatic heterocycles. The molecule has 0 amide bonds. The standard InChI is InChI=1S/C25H21F3O2/c1-3-5-6-16-7-8-17-13-18-14-20(15-9-11-19(12-10-15)29-4-2)22(27)23(28)25(18)30-24(17)21(16)26/h3,7-12,14H,1,4-6,13H2,2H3. The van der Waals surface area contributed by atoms with E-state index in [0.29, 0.717) is 47.5 Å². The normalized spacial score (nSPS) is 12.0. The Morgan fingerprint density at radius 2 is 1.70 bits per heavy atom. The molecule has 2 nitrogen and oxygen atoms in total. The van der Waals surface area contributed by atoms with Gasteiger partial charge in [0.25, 0.3) is 0 Å². The van der Waals surface area contributed by atoms with Crippen LogP contribution in [0.5, 0.6) is 17.2 Å². The summed E-state index contributed by atoms with van der Waals surface area (Å²) in [7, 11) is 0. The van der Waals surface area contributed by atoms with Crippen LogP contribution in [0.3, 0.4) is 0 Å². The Balaban J connectivity index is 1.72. The molecule has 0 N–H and O–H groups in total. The molecule has 4 rings (SSSR count). The molecular formula is C25H21F3O2. The van der Waals surface area contributed by atoms with Crippen molar-refractivity contribution < 1.29 is 22.6 Å². The third kappa shape index (κ3) is 3.56. The van der Waals surface area contributed by atoms with Crippen molar-refractivity contribution in [2.75, 3.05) is 6.61 Å². The number of ether oxygens (including phenoxy) is 2. The average molecular weight is 410 g/mol. The van der Waals surface area contributed by atoms with E-state index >= 15 is 0 Å². The van der Waals surface area contributed by atoms with Gasteiger partial charge in [-0.25, -0.2) is 8.78 Å². The Morgan fingerprint density at radius 1 is 0.967 bits per heavy atom. The van der Waals surface area contributed by atoms with E-state index in [1.807, 2.05) is 6.92 Å². The fourth-order valence-corrected chi connectivity index (χ4v) is 3.66. The molecule has 0 unspecified atom stereocenters. The number of benzene rings is 3. The SMILES string of the molecule is C=CCCc1ccc2c(c1F)Oc1c(cc(-c3ccc(OCC)cc3)c(F)c1F)C2. The van der Waals surface area contributed by atoms with Gasteiger partial charge in [-0.2, -0.15) is 4.39 Å². The summed E-state index contributed by atoms with van der Waals surface area (Å²) in [6.07, 6.45) is 3.03. The van der Waals surface area contributed by atoms with Crippen LogP contribution in [-0.2, 0) is 12.8 Å². The number of allylic oxidation sites excluding steroid dienone is 1. The summed E-state index contributed by atoms with van der Waals surface area (Å²) in [6, 6.07) is 11.8. The molecule has 154 valence electrons. The molecule has 1 aliphatic rings.